The SMILES string of the molecule is CCCNC(C)CCCCS(=O)c1cccs1. The predicted octanol–water partition coefficient (Wildman–Crippen LogP) is 3.41. The van der Waals surface area contributed by atoms with Crippen molar-refractivity contribution in [1.29, 1.82) is 0 Å². The average Bonchev–Trinajstić information content (AvgIpc) is 2.85. The Bertz CT molecular complexity index is 311. The van der Waals surface area contributed by atoms with Crippen LogP contribution in [0.25, 0.3) is 0 Å². The Kier molecular flexibility index (Phi) is 7.73. The summed E-state index contributed by atoms with van der Waals surface area (Å²) in [6.45, 7) is 5.51. The molecule has 0 fully saturated rings. The highest BCUT2D eigenvalue weighted by molar-refractivity contribution is 7.87. The van der Waals surface area contributed by atoms with Gasteiger partial charge < -0.3 is 5.32 Å². The van der Waals surface area contributed by atoms with Crippen LogP contribution in [0.3, 0.4) is 0 Å². The second kappa shape index (κ2) is 8.84. The van der Waals surface area contributed by atoms with Crippen LogP contribution in [0.1, 0.15) is 39.5 Å². The van der Waals surface area contributed by atoms with Crippen LogP contribution >= 0.6 is 11.3 Å². The van der Waals surface area contributed by atoms with Gasteiger partial charge in [0, 0.05) is 11.8 Å². The molecule has 0 spiro atoms. The third kappa shape index (κ3) is 6.34. The van der Waals surface area contributed by atoms with Crippen molar-refractivity contribution < 1.29 is 4.21 Å². The van der Waals surface area contributed by atoms with Gasteiger partial charge in [-0.2, -0.15) is 0 Å². The van der Waals surface area contributed by atoms with E-state index in [9.17, 15) is 4.21 Å². The van der Waals surface area contributed by atoms with E-state index >= 15 is 0 Å². The predicted molar refractivity (Wildman–Crippen MR) is 77.2 cm³/mol. The molecule has 0 aliphatic carbocycles. The molecule has 0 aromatic carbocycles. The van der Waals surface area contributed by atoms with Gasteiger partial charge in [-0.15, -0.1) is 11.3 Å². The lowest BCUT2D eigenvalue weighted by atomic mass is 10.1. The normalized spacial score (nSPS) is 14.7. The van der Waals surface area contributed by atoms with Crippen molar-refractivity contribution in [2.45, 2.75) is 49.8 Å². The number of hydrogen-bond donors (Lipinski definition) is 1. The van der Waals surface area contributed by atoms with Crippen molar-refractivity contribution in [2.24, 2.45) is 0 Å². The van der Waals surface area contributed by atoms with E-state index in [2.05, 4.69) is 19.2 Å². The van der Waals surface area contributed by atoms with E-state index in [1.54, 1.807) is 11.3 Å². The lowest BCUT2D eigenvalue weighted by Gasteiger charge is -2.12. The van der Waals surface area contributed by atoms with Crippen molar-refractivity contribution >= 4 is 22.1 Å². The van der Waals surface area contributed by atoms with Crippen LogP contribution in [-0.4, -0.2) is 22.5 Å². The van der Waals surface area contributed by atoms with E-state index in [4.69, 9.17) is 0 Å². The molecular formula is C13H23NOS2. The quantitative estimate of drug-likeness (QED) is 0.699. The van der Waals surface area contributed by atoms with E-state index in [-0.39, 0.29) is 0 Å². The molecule has 1 aromatic heterocycles. The third-order valence-electron chi connectivity index (χ3n) is 2.68. The highest BCUT2D eigenvalue weighted by Gasteiger charge is 2.05. The van der Waals surface area contributed by atoms with E-state index in [1.807, 2.05) is 17.5 Å². The van der Waals surface area contributed by atoms with Crippen molar-refractivity contribution in [2.75, 3.05) is 12.3 Å². The molecule has 0 saturated carbocycles. The van der Waals surface area contributed by atoms with Gasteiger partial charge in [0.15, 0.2) is 0 Å². The summed E-state index contributed by atoms with van der Waals surface area (Å²) in [4.78, 5) is 0. The van der Waals surface area contributed by atoms with Crippen molar-refractivity contribution in [1.82, 2.24) is 5.32 Å². The molecular weight excluding hydrogens is 250 g/mol. The molecule has 0 aliphatic heterocycles. The molecule has 0 amide bonds. The Labute approximate surface area is 111 Å². The summed E-state index contributed by atoms with van der Waals surface area (Å²) in [7, 11) is -0.774. The van der Waals surface area contributed by atoms with Gasteiger partial charge in [0.1, 0.15) is 0 Å². The van der Waals surface area contributed by atoms with E-state index in [0.717, 1.165) is 29.3 Å². The minimum Gasteiger partial charge on any atom is -0.314 e. The Morgan fingerprint density at radius 3 is 2.94 bits per heavy atom. The zero-order chi connectivity index (χ0) is 12.5. The summed E-state index contributed by atoms with van der Waals surface area (Å²) in [5.74, 6) is 0.807. The van der Waals surface area contributed by atoms with Gasteiger partial charge in [-0.25, -0.2) is 0 Å². The van der Waals surface area contributed by atoms with Crippen LogP contribution in [0.4, 0.5) is 0 Å². The van der Waals surface area contributed by atoms with Crippen LogP contribution in [0.5, 0.6) is 0 Å². The van der Waals surface area contributed by atoms with Crippen LogP contribution in [0, 0.1) is 0 Å². The molecule has 1 N–H and O–H groups in total. The molecule has 0 saturated heterocycles. The highest BCUT2D eigenvalue weighted by atomic mass is 32.2. The smallest absolute Gasteiger partial charge is 0.0910 e. The van der Waals surface area contributed by atoms with Crippen molar-refractivity contribution in [3.63, 3.8) is 0 Å². The first-order valence-corrected chi connectivity index (χ1v) is 8.59. The molecule has 4 heteroatoms. The van der Waals surface area contributed by atoms with Gasteiger partial charge in [-0.3, -0.25) is 4.21 Å². The second-order valence-corrected chi connectivity index (χ2v) is 7.08. The summed E-state index contributed by atoms with van der Waals surface area (Å²) in [6.07, 6.45) is 4.59. The van der Waals surface area contributed by atoms with E-state index in [0.29, 0.717) is 6.04 Å². The maximum Gasteiger partial charge on any atom is 0.0910 e. The fourth-order valence-corrected chi connectivity index (χ4v) is 3.86. The molecule has 0 radical (unpaired) electrons. The zero-order valence-electron chi connectivity index (χ0n) is 10.8. The Morgan fingerprint density at radius 1 is 1.47 bits per heavy atom. The van der Waals surface area contributed by atoms with Crippen LogP contribution in [0.2, 0.25) is 0 Å². The maximum atomic E-state index is 11.8. The lowest BCUT2D eigenvalue weighted by Crippen LogP contribution is -2.26. The zero-order valence-corrected chi connectivity index (χ0v) is 12.4. The summed E-state index contributed by atoms with van der Waals surface area (Å²) in [5.41, 5.74) is 0. The topological polar surface area (TPSA) is 29.1 Å². The summed E-state index contributed by atoms with van der Waals surface area (Å²) < 4.78 is 12.8. The molecule has 2 nitrogen and oxygen atoms in total. The molecule has 0 bridgehead atoms. The summed E-state index contributed by atoms with van der Waals surface area (Å²) in [6, 6.07) is 4.52. The van der Waals surface area contributed by atoms with Crippen LogP contribution in [-0.2, 0) is 10.8 Å². The maximum absolute atomic E-state index is 11.8. The monoisotopic (exact) mass is 273 g/mol. The Morgan fingerprint density at radius 2 is 2.29 bits per heavy atom. The van der Waals surface area contributed by atoms with E-state index < -0.39 is 10.8 Å². The molecule has 2 unspecified atom stereocenters. The molecule has 1 heterocycles. The fourth-order valence-electron chi connectivity index (χ4n) is 1.67. The molecule has 2 atom stereocenters. The lowest BCUT2D eigenvalue weighted by molar-refractivity contribution is 0.495. The van der Waals surface area contributed by atoms with Gasteiger partial charge in [-0.1, -0.05) is 19.4 Å². The van der Waals surface area contributed by atoms with Crippen molar-refractivity contribution in [3.8, 4) is 0 Å². The van der Waals surface area contributed by atoms with Gasteiger partial charge in [0.25, 0.3) is 0 Å². The summed E-state index contributed by atoms with van der Waals surface area (Å²) >= 11 is 1.59. The largest absolute Gasteiger partial charge is 0.314 e. The molecule has 17 heavy (non-hydrogen) atoms. The number of rotatable bonds is 9. The first-order chi connectivity index (χ1) is 8.24. The van der Waals surface area contributed by atoms with E-state index in [1.165, 1.54) is 12.8 Å². The Hall–Kier alpha value is -0.190. The van der Waals surface area contributed by atoms with Crippen LogP contribution < -0.4 is 5.32 Å². The highest BCUT2D eigenvalue weighted by Crippen LogP contribution is 2.15. The number of nitrogens with one attached hydrogen (secondary N) is 1. The first kappa shape index (κ1) is 14.9. The number of thiophene rings is 1. The minimum atomic E-state index is -0.774. The standard InChI is InChI=1S/C13H23NOS2/c1-3-9-14-12(2)7-4-5-11-17(15)13-8-6-10-16-13/h6,8,10,12,14H,3-5,7,9,11H2,1-2H3. The molecule has 98 valence electrons. The fraction of sp³-hybridized carbons (Fsp3) is 0.692. The van der Waals surface area contributed by atoms with Crippen LogP contribution in [0.15, 0.2) is 21.7 Å². The van der Waals surface area contributed by atoms with Gasteiger partial charge >= 0.3 is 0 Å². The van der Waals surface area contributed by atoms with Gasteiger partial charge in [0.05, 0.1) is 15.0 Å². The Balaban J connectivity index is 2.06. The second-order valence-electron chi connectivity index (χ2n) is 4.33. The average molecular weight is 273 g/mol. The summed E-state index contributed by atoms with van der Waals surface area (Å²) in [5, 5.41) is 5.46. The molecule has 0 aliphatic rings. The molecule has 1 rings (SSSR count). The van der Waals surface area contributed by atoms with Crippen molar-refractivity contribution in [3.05, 3.63) is 17.5 Å². The van der Waals surface area contributed by atoms with Gasteiger partial charge in [0.2, 0.25) is 0 Å². The minimum absolute atomic E-state index is 0.588. The number of hydrogen-bond acceptors (Lipinski definition) is 3. The first-order valence-electron chi connectivity index (χ1n) is 6.39. The van der Waals surface area contributed by atoms with Gasteiger partial charge in [-0.05, 0) is 44.2 Å². The third-order valence-corrected chi connectivity index (χ3v) is 5.43. The molecule has 1 aromatic rings. The number of unbranched alkanes of at least 4 members (excludes halogenated alkanes) is 1.